The average molecular weight is 389 g/mol. The molecule has 7 nitrogen and oxygen atoms in total. The van der Waals surface area contributed by atoms with Crippen molar-refractivity contribution in [3.8, 4) is 0 Å². The quantitative estimate of drug-likeness (QED) is 0.731. The van der Waals surface area contributed by atoms with Crippen molar-refractivity contribution in [2.45, 2.75) is 32.1 Å². The van der Waals surface area contributed by atoms with E-state index in [-0.39, 0.29) is 24.3 Å². The molecule has 0 aliphatic carbocycles. The van der Waals surface area contributed by atoms with E-state index in [9.17, 15) is 9.59 Å². The molecule has 1 fully saturated rings. The molecule has 0 N–H and O–H groups in total. The number of pyridine rings is 1. The minimum Gasteiger partial charge on any atom is -0.381 e. The first kappa shape index (κ1) is 20.6. The second-order valence-electron chi connectivity index (χ2n) is 7.83. The molecule has 2 amide bonds. The van der Waals surface area contributed by atoms with Gasteiger partial charge in [-0.2, -0.15) is 0 Å². The topological polar surface area (TPSA) is 66.0 Å². The zero-order valence-electron chi connectivity index (χ0n) is 17.1. The third kappa shape index (κ3) is 5.44. The number of anilines is 1. The van der Waals surface area contributed by atoms with Crippen LogP contribution < -0.4 is 4.90 Å². The average Bonchev–Trinajstić information content (AvgIpc) is 2.72. The Morgan fingerprint density at radius 3 is 2.61 bits per heavy atom. The van der Waals surface area contributed by atoms with E-state index in [4.69, 9.17) is 9.72 Å². The predicted molar refractivity (Wildman–Crippen MR) is 108 cm³/mol. The normalized spacial score (nSPS) is 20.8. The summed E-state index contributed by atoms with van der Waals surface area (Å²) < 4.78 is 5.39. The number of amides is 2. The van der Waals surface area contributed by atoms with Gasteiger partial charge < -0.3 is 19.4 Å². The van der Waals surface area contributed by atoms with Crippen LogP contribution in [-0.4, -0.2) is 80.1 Å². The number of ether oxygens (including phenoxy) is 1. The van der Waals surface area contributed by atoms with E-state index in [0.29, 0.717) is 26.3 Å². The standard InChI is InChI=1S/C21H32N4O3/c1-23-11-5-12-24(2)20(26)16-25(21(27)17-9-14-28-15-10-17)13-4-7-18-6-3-8-19(23)22-18/h3,6,8,17H,4-5,7,9-16H2,1-2H3. The Labute approximate surface area is 167 Å². The van der Waals surface area contributed by atoms with E-state index in [1.165, 1.54) is 0 Å². The molecule has 0 saturated carbocycles. The van der Waals surface area contributed by atoms with Gasteiger partial charge >= 0.3 is 0 Å². The van der Waals surface area contributed by atoms with Crippen LogP contribution in [0.1, 0.15) is 31.4 Å². The number of likely N-dealkylation sites (N-methyl/N-ethyl adjacent to an activating group) is 1. The van der Waals surface area contributed by atoms with Crippen molar-refractivity contribution in [1.29, 1.82) is 0 Å². The van der Waals surface area contributed by atoms with Gasteiger partial charge in [0.15, 0.2) is 0 Å². The fraction of sp³-hybridized carbons (Fsp3) is 0.667. The van der Waals surface area contributed by atoms with Gasteiger partial charge in [0.25, 0.3) is 0 Å². The molecule has 1 saturated heterocycles. The number of hydrogen-bond donors (Lipinski definition) is 0. The summed E-state index contributed by atoms with van der Waals surface area (Å²) in [6.07, 6.45) is 3.94. The number of fused-ring (bicyclic) bond motifs is 2. The molecular formula is C21H32N4O3. The number of aromatic nitrogens is 1. The van der Waals surface area contributed by atoms with E-state index < -0.39 is 0 Å². The molecule has 2 bridgehead atoms. The molecule has 0 aromatic carbocycles. The minimum atomic E-state index is -0.0270. The summed E-state index contributed by atoms with van der Waals surface area (Å²) in [5.74, 6) is 1.04. The molecular weight excluding hydrogens is 356 g/mol. The van der Waals surface area contributed by atoms with Gasteiger partial charge in [-0.15, -0.1) is 0 Å². The molecule has 0 unspecified atom stereocenters. The number of rotatable bonds is 1. The molecule has 3 rings (SSSR count). The van der Waals surface area contributed by atoms with E-state index in [2.05, 4.69) is 4.90 Å². The minimum absolute atomic E-state index is 0.0109. The Morgan fingerprint density at radius 2 is 1.82 bits per heavy atom. The lowest BCUT2D eigenvalue weighted by Gasteiger charge is -2.31. The third-order valence-electron chi connectivity index (χ3n) is 5.67. The summed E-state index contributed by atoms with van der Waals surface area (Å²) in [5, 5.41) is 0. The highest BCUT2D eigenvalue weighted by Crippen LogP contribution is 2.19. The van der Waals surface area contributed by atoms with Crippen LogP contribution in [0.15, 0.2) is 18.2 Å². The van der Waals surface area contributed by atoms with Crippen LogP contribution in [0.25, 0.3) is 0 Å². The summed E-state index contributed by atoms with van der Waals surface area (Å²) in [5.41, 5.74) is 1.03. The molecule has 28 heavy (non-hydrogen) atoms. The Kier molecular flexibility index (Phi) is 7.25. The van der Waals surface area contributed by atoms with Gasteiger partial charge in [0.2, 0.25) is 11.8 Å². The van der Waals surface area contributed by atoms with Crippen molar-refractivity contribution < 1.29 is 14.3 Å². The second kappa shape index (κ2) is 9.87. The van der Waals surface area contributed by atoms with Gasteiger partial charge in [0.1, 0.15) is 5.82 Å². The van der Waals surface area contributed by atoms with Gasteiger partial charge in [-0.1, -0.05) is 6.07 Å². The van der Waals surface area contributed by atoms with Crippen LogP contribution in [-0.2, 0) is 20.7 Å². The smallest absolute Gasteiger partial charge is 0.241 e. The fourth-order valence-electron chi connectivity index (χ4n) is 3.81. The van der Waals surface area contributed by atoms with Crippen molar-refractivity contribution >= 4 is 17.6 Å². The third-order valence-corrected chi connectivity index (χ3v) is 5.67. The summed E-state index contributed by atoms with van der Waals surface area (Å²) >= 11 is 0. The Morgan fingerprint density at radius 1 is 1.07 bits per heavy atom. The zero-order valence-corrected chi connectivity index (χ0v) is 17.1. The van der Waals surface area contributed by atoms with Crippen molar-refractivity contribution in [2.75, 3.05) is 58.4 Å². The summed E-state index contributed by atoms with van der Waals surface area (Å²) in [4.78, 5) is 36.1. The van der Waals surface area contributed by atoms with Crippen LogP contribution in [0, 0.1) is 5.92 Å². The molecule has 7 heteroatoms. The van der Waals surface area contributed by atoms with Gasteiger partial charge in [0.05, 0.1) is 6.54 Å². The highest BCUT2D eigenvalue weighted by Gasteiger charge is 2.28. The summed E-state index contributed by atoms with van der Waals surface area (Å²) in [6.45, 7) is 3.50. The van der Waals surface area contributed by atoms with Crippen molar-refractivity contribution in [3.05, 3.63) is 23.9 Å². The number of hydrogen-bond acceptors (Lipinski definition) is 5. The molecule has 0 atom stereocenters. The maximum atomic E-state index is 13.0. The molecule has 0 radical (unpaired) electrons. The van der Waals surface area contributed by atoms with Gasteiger partial charge in [0, 0.05) is 58.6 Å². The van der Waals surface area contributed by atoms with E-state index in [1.807, 2.05) is 32.3 Å². The molecule has 3 heterocycles. The molecule has 2 aliphatic rings. The van der Waals surface area contributed by atoms with Crippen molar-refractivity contribution in [1.82, 2.24) is 14.8 Å². The van der Waals surface area contributed by atoms with E-state index in [0.717, 1.165) is 50.2 Å². The number of carbonyl (C=O) groups is 2. The van der Waals surface area contributed by atoms with Crippen molar-refractivity contribution in [3.63, 3.8) is 0 Å². The largest absolute Gasteiger partial charge is 0.381 e. The first-order valence-electron chi connectivity index (χ1n) is 10.3. The van der Waals surface area contributed by atoms with Crippen LogP contribution in [0.5, 0.6) is 0 Å². The van der Waals surface area contributed by atoms with Crippen LogP contribution in [0.4, 0.5) is 5.82 Å². The lowest BCUT2D eigenvalue weighted by Crippen LogP contribution is -2.45. The zero-order chi connectivity index (χ0) is 19.9. The Balaban J connectivity index is 1.74. The van der Waals surface area contributed by atoms with Gasteiger partial charge in [-0.05, 0) is 44.2 Å². The van der Waals surface area contributed by atoms with E-state index >= 15 is 0 Å². The lowest BCUT2D eigenvalue weighted by molar-refractivity contribution is -0.144. The number of nitrogens with zero attached hydrogens (tertiary/aromatic N) is 4. The SMILES string of the molecule is CN1CCCN(C)c2cccc(n2)CCCN(C(=O)C2CCOCC2)CC1=O. The van der Waals surface area contributed by atoms with Crippen LogP contribution in [0.3, 0.4) is 0 Å². The maximum absolute atomic E-state index is 13.0. The highest BCUT2D eigenvalue weighted by molar-refractivity contribution is 5.86. The maximum Gasteiger partial charge on any atom is 0.241 e. The van der Waals surface area contributed by atoms with Gasteiger partial charge in [-0.3, -0.25) is 9.59 Å². The summed E-state index contributed by atoms with van der Waals surface area (Å²) in [7, 11) is 3.86. The van der Waals surface area contributed by atoms with Crippen LogP contribution in [0.2, 0.25) is 0 Å². The highest BCUT2D eigenvalue weighted by atomic mass is 16.5. The molecule has 154 valence electrons. The lowest BCUT2D eigenvalue weighted by atomic mass is 9.98. The summed E-state index contributed by atoms with van der Waals surface area (Å²) in [6, 6.07) is 6.10. The second-order valence-corrected chi connectivity index (χ2v) is 7.83. The Bertz CT molecular complexity index is 675. The van der Waals surface area contributed by atoms with Crippen molar-refractivity contribution in [2.24, 2.45) is 5.92 Å². The first-order chi connectivity index (χ1) is 13.5. The molecule has 0 spiro atoms. The monoisotopic (exact) mass is 388 g/mol. The molecule has 1 aromatic heterocycles. The first-order valence-corrected chi connectivity index (χ1v) is 10.3. The number of carbonyl (C=O) groups excluding carboxylic acids is 2. The molecule has 2 aliphatic heterocycles. The van der Waals surface area contributed by atoms with Gasteiger partial charge in [-0.25, -0.2) is 4.98 Å². The Hall–Kier alpha value is -2.15. The number of aryl methyl sites for hydroxylation is 1. The van der Waals surface area contributed by atoms with Crippen LogP contribution >= 0.6 is 0 Å². The fourth-order valence-corrected chi connectivity index (χ4v) is 3.81. The molecule has 1 aromatic rings. The predicted octanol–water partition coefficient (Wildman–Crippen LogP) is 1.57. The van der Waals surface area contributed by atoms with E-state index in [1.54, 1.807) is 9.80 Å².